The molecule has 1 N–H and O–H groups in total. The first-order chi connectivity index (χ1) is 9.84. The van der Waals surface area contributed by atoms with Crippen molar-refractivity contribution >= 4 is 0 Å². The largest absolute Gasteiger partial charge is 0.311 e. The Kier molecular flexibility index (Phi) is 6.10. The minimum absolute atomic E-state index is 0.340. The average Bonchev–Trinajstić information content (AvgIpc) is 2.40. The summed E-state index contributed by atoms with van der Waals surface area (Å²) in [6.07, 6.45) is 5.32. The Balaban J connectivity index is 1.66. The fourth-order valence-electron chi connectivity index (χ4n) is 3.85. The van der Waals surface area contributed by atoms with Crippen LogP contribution in [0.1, 0.15) is 60.3 Å². The maximum atomic E-state index is 3.95. The van der Waals surface area contributed by atoms with Crippen LogP contribution in [-0.4, -0.2) is 60.1 Å². The number of hydrogen-bond acceptors (Lipinski definition) is 3. The zero-order valence-corrected chi connectivity index (χ0v) is 15.0. The molecule has 2 aliphatic heterocycles. The van der Waals surface area contributed by atoms with E-state index in [4.69, 9.17) is 0 Å². The Morgan fingerprint density at radius 3 is 1.81 bits per heavy atom. The lowest BCUT2D eigenvalue weighted by Crippen LogP contribution is -2.53. The molecule has 3 nitrogen and oxygen atoms in total. The van der Waals surface area contributed by atoms with Crippen molar-refractivity contribution in [2.75, 3.05) is 32.7 Å². The van der Waals surface area contributed by atoms with Crippen LogP contribution >= 0.6 is 0 Å². The quantitative estimate of drug-likeness (QED) is 0.860. The highest BCUT2D eigenvalue weighted by Gasteiger charge is 2.28. The van der Waals surface area contributed by atoms with E-state index in [0.29, 0.717) is 5.54 Å². The minimum atomic E-state index is 0.340. The third-order valence-corrected chi connectivity index (χ3v) is 5.13. The first-order valence-corrected chi connectivity index (χ1v) is 9.08. The molecular formula is C18H37N3. The van der Waals surface area contributed by atoms with E-state index >= 15 is 0 Å². The van der Waals surface area contributed by atoms with Gasteiger partial charge < -0.3 is 10.2 Å². The predicted octanol–water partition coefficient (Wildman–Crippen LogP) is 2.96. The summed E-state index contributed by atoms with van der Waals surface area (Å²) < 4.78 is 0. The SMILES string of the molecule is CC(C)CN1CCC(NC2CCN(C(C)(C)C)CC2)CC1. The number of nitrogens with zero attached hydrogens (tertiary/aromatic N) is 2. The molecule has 2 fully saturated rings. The summed E-state index contributed by atoms with van der Waals surface area (Å²) in [5, 5.41) is 3.95. The summed E-state index contributed by atoms with van der Waals surface area (Å²) in [6, 6.07) is 1.52. The molecular weight excluding hydrogens is 258 g/mol. The lowest BCUT2D eigenvalue weighted by Gasteiger charge is -2.42. The normalized spacial score (nSPS) is 24.9. The van der Waals surface area contributed by atoms with Crippen molar-refractivity contribution in [3.05, 3.63) is 0 Å². The van der Waals surface area contributed by atoms with E-state index in [9.17, 15) is 0 Å². The van der Waals surface area contributed by atoms with E-state index in [1.54, 1.807) is 0 Å². The number of piperidine rings is 2. The monoisotopic (exact) mass is 295 g/mol. The summed E-state index contributed by atoms with van der Waals surface area (Å²) in [7, 11) is 0. The Hall–Kier alpha value is -0.120. The van der Waals surface area contributed by atoms with E-state index in [0.717, 1.165) is 18.0 Å². The van der Waals surface area contributed by atoms with Crippen LogP contribution < -0.4 is 5.32 Å². The molecule has 0 saturated carbocycles. The average molecular weight is 296 g/mol. The Morgan fingerprint density at radius 1 is 0.905 bits per heavy atom. The highest BCUT2D eigenvalue weighted by molar-refractivity contribution is 4.87. The maximum absolute atomic E-state index is 3.95. The molecule has 2 heterocycles. The third kappa shape index (κ3) is 5.54. The molecule has 0 atom stereocenters. The van der Waals surface area contributed by atoms with E-state index < -0.39 is 0 Å². The Bertz CT molecular complexity index is 292. The molecule has 0 aliphatic carbocycles. The summed E-state index contributed by atoms with van der Waals surface area (Å²) in [4.78, 5) is 5.28. The van der Waals surface area contributed by atoms with Crippen molar-refractivity contribution in [2.24, 2.45) is 5.92 Å². The van der Waals surface area contributed by atoms with Gasteiger partial charge in [-0.25, -0.2) is 0 Å². The minimum Gasteiger partial charge on any atom is -0.311 e. The lowest BCUT2D eigenvalue weighted by atomic mass is 9.96. The molecule has 0 amide bonds. The van der Waals surface area contributed by atoms with Crippen molar-refractivity contribution in [3.8, 4) is 0 Å². The first-order valence-electron chi connectivity index (χ1n) is 9.08. The highest BCUT2D eigenvalue weighted by atomic mass is 15.2. The molecule has 0 bridgehead atoms. The Morgan fingerprint density at radius 2 is 1.38 bits per heavy atom. The van der Waals surface area contributed by atoms with Gasteiger partial charge in [-0.2, -0.15) is 0 Å². The molecule has 2 saturated heterocycles. The van der Waals surface area contributed by atoms with Crippen molar-refractivity contribution in [1.82, 2.24) is 15.1 Å². The van der Waals surface area contributed by atoms with Gasteiger partial charge in [0.05, 0.1) is 0 Å². The molecule has 0 aromatic carbocycles. The van der Waals surface area contributed by atoms with Crippen LogP contribution in [0.2, 0.25) is 0 Å². The summed E-state index contributed by atoms with van der Waals surface area (Å²) in [5.41, 5.74) is 0.340. The summed E-state index contributed by atoms with van der Waals surface area (Å²) in [5.74, 6) is 0.802. The van der Waals surface area contributed by atoms with E-state index in [1.165, 1.54) is 58.4 Å². The van der Waals surface area contributed by atoms with Crippen LogP contribution in [0.3, 0.4) is 0 Å². The summed E-state index contributed by atoms with van der Waals surface area (Å²) >= 11 is 0. The number of hydrogen-bond donors (Lipinski definition) is 1. The van der Waals surface area contributed by atoms with Gasteiger partial charge in [0, 0.05) is 37.3 Å². The molecule has 0 radical (unpaired) electrons. The van der Waals surface area contributed by atoms with Gasteiger partial charge in [0.25, 0.3) is 0 Å². The van der Waals surface area contributed by atoms with E-state index in [1.807, 2.05) is 0 Å². The zero-order chi connectivity index (χ0) is 15.5. The van der Waals surface area contributed by atoms with Gasteiger partial charge in [0.1, 0.15) is 0 Å². The molecule has 124 valence electrons. The highest BCUT2D eigenvalue weighted by Crippen LogP contribution is 2.21. The van der Waals surface area contributed by atoms with Gasteiger partial charge in [-0.05, 0) is 65.5 Å². The third-order valence-electron chi connectivity index (χ3n) is 5.13. The topological polar surface area (TPSA) is 18.5 Å². The van der Waals surface area contributed by atoms with E-state index in [-0.39, 0.29) is 0 Å². The van der Waals surface area contributed by atoms with Crippen LogP contribution in [0.4, 0.5) is 0 Å². The lowest BCUT2D eigenvalue weighted by molar-refractivity contribution is 0.0888. The van der Waals surface area contributed by atoms with Gasteiger partial charge >= 0.3 is 0 Å². The molecule has 21 heavy (non-hydrogen) atoms. The molecule has 0 spiro atoms. The van der Waals surface area contributed by atoms with Crippen LogP contribution in [0.5, 0.6) is 0 Å². The van der Waals surface area contributed by atoms with Crippen molar-refractivity contribution in [3.63, 3.8) is 0 Å². The smallest absolute Gasteiger partial charge is 0.0125 e. The fraction of sp³-hybridized carbons (Fsp3) is 1.00. The van der Waals surface area contributed by atoms with Gasteiger partial charge in [-0.3, -0.25) is 4.90 Å². The van der Waals surface area contributed by atoms with Crippen molar-refractivity contribution < 1.29 is 0 Å². The molecule has 2 rings (SSSR count). The second kappa shape index (κ2) is 7.43. The Labute approximate surface area is 132 Å². The number of rotatable bonds is 4. The van der Waals surface area contributed by atoms with Gasteiger partial charge in [0.2, 0.25) is 0 Å². The first kappa shape index (κ1) is 17.2. The summed E-state index contributed by atoms with van der Waals surface area (Å²) in [6.45, 7) is 18.0. The van der Waals surface area contributed by atoms with Crippen LogP contribution in [0, 0.1) is 5.92 Å². The van der Waals surface area contributed by atoms with Crippen LogP contribution in [0.25, 0.3) is 0 Å². The molecule has 0 aromatic heterocycles. The number of nitrogens with one attached hydrogen (secondary N) is 1. The van der Waals surface area contributed by atoms with E-state index in [2.05, 4.69) is 49.7 Å². The molecule has 0 aromatic rings. The van der Waals surface area contributed by atoms with Gasteiger partial charge in [0.15, 0.2) is 0 Å². The second-order valence-corrected chi connectivity index (χ2v) is 8.57. The maximum Gasteiger partial charge on any atom is 0.0125 e. The van der Waals surface area contributed by atoms with Gasteiger partial charge in [-0.1, -0.05) is 13.8 Å². The predicted molar refractivity (Wildman–Crippen MR) is 91.8 cm³/mol. The number of likely N-dealkylation sites (tertiary alicyclic amines) is 2. The fourth-order valence-corrected chi connectivity index (χ4v) is 3.85. The van der Waals surface area contributed by atoms with Crippen LogP contribution in [-0.2, 0) is 0 Å². The second-order valence-electron chi connectivity index (χ2n) is 8.57. The molecule has 0 unspecified atom stereocenters. The van der Waals surface area contributed by atoms with Crippen LogP contribution in [0.15, 0.2) is 0 Å². The standard InChI is InChI=1S/C18H37N3/c1-15(2)14-20-10-6-16(7-11-20)19-17-8-12-21(13-9-17)18(3,4)5/h15-17,19H,6-14H2,1-5H3. The molecule has 2 aliphatic rings. The molecule has 3 heteroatoms. The zero-order valence-electron chi connectivity index (χ0n) is 15.0. The van der Waals surface area contributed by atoms with Crippen molar-refractivity contribution in [1.29, 1.82) is 0 Å². The van der Waals surface area contributed by atoms with Crippen molar-refractivity contribution in [2.45, 2.75) is 77.9 Å². The van der Waals surface area contributed by atoms with Gasteiger partial charge in [-0.15, -0.1) is 0 Å².